The fourth-order valence-electron chi connectivity index (χ4n) is 6.85. The molecule has 0 radical (unpaired) electrons. The predicted molar refractivity (Wildman–Crippen MR) is 228 cm³/mol. The first-order valence-electron chi connectivity index (χ1n) is 21.2. The molecule has 0 saturated carbocycles. The number of nitrogens with one attached hydrogen (secondary N) is 6. The van der Waals surface area contributed by atoms with Gasteiger partial charge in [0.1, 0.15) is 42.3 Å². The van der Waals surface area contributed by atoms with Crippen LogP contribution in [-0.2, 0) is 59.2 Å². The molecule has 2 rings (SSSR count). The van der Waals surface area contributed by atoms with E-state index in [0.717, 1.165) is 6.92 Å². The van der Waals surface area contributed by atoms with Gasteiger partial charge in [0, 0.05) is 25.8 Å². The van der Waals surface area contributed by atoms with Crippen molar-refractivity contribution in [1.29, 1.82) is 0 Å². The molecule has 1 fully saturated rings. The van der Waals surface area contributed by atoms with E-state index in [1.54, 1.807) is 58.0 Å². The molecule has 1 aromatic carbocycles. The molecule has 23 heteroatoms. The van der Waals surface area contributed by atoms with Gasteiger partial charge in [0.15, 0.2) is 0 Å². The van der Waals surface area contributed by atoms with Crippen LogP contribution in [0.1, 0.15) is 91.5 Å². The number of hydrogen-bond acceptors (Lipinski definition) is 12. The van der Waals surface area contributed by atoms with E-state index in [4.69, 9.17) is 10.8 Å². The number of hydrogen-bond donors (Lipinski definition) is 11. The van der Waals surface area contributed by atoms with E-state index in [1.165, 1.54) is 4.90 Å². The minimum absolute atomic E-state index is 0.0489. The normalized spacial score (nSPS) is 16.7. The van der Waals surface area contributed by atoms with Crippen molar-refractivity contribution in [2.45, 2.75) is 141 Å². The van der Waals surface area contributed by atoms with Gasteiger partial charge in [-0.25, -0.2) is 4.79 Å². The molecule has 8 atom stereocenters. The SMILES string of the molecule is CC(C)C[C@H](NC(=O)[C@@H](NC(=O)[C@@H](N)CCC(=O)O)C(C)C)C(=O)N1CCC[C@@H]1C(=O)N[C@@H](CC(=O)O)C(=O)N[C@@H](C)C(=O)N[C@@H](CCC(=O)O)C(=O)N[C@@H](Cc1ccccc1)C(=O)O. The van der Waals surface area contributed by atoms with Gasteiger partial charge in [0.25, 0.3) is 0 Å². The maximum Gasteiger partial charge on any atom is 0.326 e. The number of nitrogens with two attached hydrogens (primary N) is 1. The summed E-state index contributed by atoms with van der Waals surface area (Å²) in [6.45, 7) is 8.05. The Morgan fingerprint density at radius 3 is 1.77 bits per heavy atom. The highest BCUT2D eigenvalue weighted by Gasteiger charge is 2.41. The monoisotopic (exact) mass is 918 g/mol. The summed E-state index contributed by atoms with van der Waals surface area (Å²) in [5.74, 6) is -12.4. The summed E-state index contributed by atoms with van der Waals surface area (Å²) < 4.78 is 0. The Bertz CT molecular complexity index is 1900. The van der Waals surface area contributed by atoms with Crippen molar-refractivity contribution >= 4 is 65.2 Å². The minimum Gasteiger partial charge on any atom is -0.481 e. The molecule has 0 aromatic heterocycles. The zero-order valence-corrected chi connectivity index (χ0v) is 37.0. The van der Waals surface area contributed by atoms with Crippen LogP contribution in [0.2, 0.25) is 0 Å². The second-order valence-electron chi connectivity index (χ2n) is 16.6. The fraction of sp³-hybridized carbons (Fsp3) is 0.595. The zero-order valence-electron chi connectivity index (χ0n) is 37.0. The first-order valence-corrected chi connectivity index (χ1v) is 21.2. The molecule has 0 unspecified atom stereocenters. The van der Waals surface area contributed by atoms with Crippen molar-refractivity contribution < 1.29 is 73.2 Å². The molecule has 1 heterocycles. The number of aliphatic carboxylic acids is 4. The van der Waals surface area contributed by atoms with Crippen molar-refractivity contribution in [1.82, 2.24) is 36.8 Å². The molecule has 1 aromatic rings. The van der Waals surface area contributed by atoms with Crippen LogP contribution in [0.5, 0.6) is 0 Å². The molecule has 0 bridgehead atoms. The topological polar surface area (TPSA) is 370 Å². The highest BCUT2D eigenvalue weighted by atomic mass is 16.4. The molecule has 65 heavy (non-hydrogen) atoms. The number of likely N-dealkylation sites (tertiary alicyclic amines) is 1. The minimum atomic E-state index is -1.79. The first-order chi connectivity index (χ1) is 30.4. The molecular weight excluding hydrogens is 857 g/mol. The molecule has 12 N–H and O–H groups in total. The third-order valence-electron chi connectivity index (χ3n) is 10.4. The summed E-state index contributed by atoms with van der Waals surface area (Å²) >= 11 is 0. The summed E-state index contributed by atoms with van der Waals surface area (Å²) in [7, 11) is 0. The quantitative estimate of drug-likeness (QED) is 0.0477. The van der Waals surface area contributed by atoms with Gasteiger partial charge in [-0.2, -0.15) is 0 Å². The number of carboxylic acids is 4. The molecular formula is C42H62N8O15. The van der Waals surface area contributed by atoms with Crippen LogP contribution in [-0.4, -0.2) is 145 Å². The Hall–Kier alpha value is -6.65. The fourth-order valence-corrected chi connectivity index (χ4v) is 6.85. The lowest BCUT2D eigenvalue weighted by Gasteiger charge is -2.32. The second kappa shape index (κ2) is 26.2. The lowest BCUT2D eigenvalue weighted by Crippen LogP contribution is -2.60. The van der Waals surface area contributed by atoms with Gasteiger partial charge in [-0.05, 0) is 56.4 Å². The van der Waals surface area contributed by atoms with Gasteiger partial charge in [-0.3, -0.25) is 47.9 Å². The van der Waals surface area contributed by atoms with Gasteiger partial charge in [-0.1, -0.05) is 58.0 Å². The van der Waals surface area contributed by atoms with Crippen molar-refractivity contribution in [3.8, 4) is 0 Å². The van der Waals surface area contributed by atoms with Gasteiger partial charge < -0.3 is 63.0 Å². The lowest BCUT2D eigenvalue weighted by molar-refractivity contribution is -0.144. The number of carbonyl (C=O) groups excluding carboxylic acids is 7. The van der Waals surface area contributed by atoms with Crippen LogP contribution in [0.3, 0.4) is 0 Å². The number of rotatable bonds is 27. The van der Waals surface area contributed by atoms with E-state index >= 15 is 0 Å². The van der Waals surface area contributed by atoms with E-state index in [-0.39, 0.29) is 44.6 Å². The Balaban J connectivity index is 2.21. The van der Waals surface area contributed by atoms with E-state index in [9.17, 15) is 68.1 Å². The average Bonchev–Trinajstić information content (AvgIpc) is 3.72. The van der Waals surface area contributed by atoms with Crippen LogP contribution in [0.4, 0.5) is 0 Å². The summed E-state index contributed by atoms with van der Waals surface area (Å²) in [5.41, 5.74) is 6.40. The number of carbonyl (C=O) groups is 11. The zero-order chi connectivity index (χ0) is 49.1. The van der Waals surface area contributed by atoms with Gasteiger partial charge in [0.05, 0.1) is 12.5 Å². The lowest BCUT2D eigenvalue weighted by atomic mass is 9.99. The van der Waals surface area contributed by atoms with Crippen LogP contribution in [0.15, 0.2) is 30.3 Å². The van der Waals surface area contributed by atoms with E-state index < -0.39 is 139 Å². The number of benzene rings is 1. The third kappa shape index (κ3) is 18.5. The maximum atomic E-state index is 14.1. The summed E-state index contributed by atoms with van der Waals surface area (Å²) in [6.07, 6.45) is -2.25. The molecule has 0 spiro atoms. The average molecular weight is 919 g/mol. The van der Waals surface area contributed by atoms with Crippen LogP contribution in [0, 0.1) is 11.8 Å². The van der Waals surface area contributed by atoms with Crippen molar-refractivity contribution in [3.63, 3.8) is 0 Å². The number of amides is 7. The highest BCUT2D eigenvalue weighted by molar-refractivity contribution is 5.98. The van der Waals surface area contributed by atoms with Crippen molar-refractivity contribution in [2.75, 3.05) is 6.54 Å². The van der Waals surface area contributed by atoms with E-state index in [2.05, 4.69) is 31.9 Å². The van der Waals surface area contributed by atoms with Crippen LogP contribution < -0.4 is 37.6 Å². The summed E-state index contributed by atoms with van der Waals surface area (Å²) in [5, 5.41) is 52.0. The van der Waals surface area contributed by atoms with Crippen molar-refractivity contribution in [2.24, 2.45) is 17.6 Å². The first kappa shape index (κ1) is 54.5. The molecule has 1 saturated heterocycles. The number of nitrogens with zero attached hydrogens (tertiary/aromatic N) is 1. The molecule has 360 valence electrons. The van der Waals surface area contributed by atoms with E-state index in [1.807, 2.05) is 0 Å². The summed E-state index contributed by atoms with van der Waals surface area (Å²) in [6, 6.07) is -2.88. The number of carboxylic acid groups (broad SMARTS) is 4. The van der Waals surface area contributed by atoms with E-state index in [0.29, 0.717) is 12.0 Å². The largest absolute Gasteiger partial charge is 0.481 e. The molecule has 7 amide bonds. The molecule has 1 aliphatic rings. The highest BCUT2D eigenvalue weighted by Crippen LogP contribution is 2.21. The molecule has 23 nitrogen and oxygen atoms in total. The second-order valence-corrected chi connectivity index (χ2v) is 16.6. The predicted octanol–water partition coefficient (Wildman–Crippen LogP) is -1.53. The molecule has 0 aliphatic carbocycles. The summed E-state index contributed by atoms with van der Waals surface area (Å²) in [4.78, 5) is 141. The van der Waals surface area contributed by atoms with Gasteiger partial charge in [-0.15, -0.1) is 0 Å². The van der Waals surface area contributed by atoms with Crippen molar-refractivity contribution in [3.05, 3.63) is 35.9 Å². The van der Waals surface area contributed by atoms with Gasteiger partial charge >= 0.3 is 23.9 Å². The van der Waals surface area contributed by atoms with Crippen LogP contribution in [0.25, 0.3) is 0 Å². The van der Waals surface area contributed by atoms with Crippen LogP contribution >= 0.6 is 0 Å². The van der Waals surface area contributed by atoms with Gasteiger partial charge in [0.2, 0.25) is 41.4 Å². The maximum absolute atomic E-state index is 14.1. The Labute approximate surface area is 375 Å². The Morgan fingerprint density at radius 1 is 0.646 bits per heavy atom. The smallest absolute Gasteiger partial charge is 0.326 e. The Morgan fingerprint density at radius 2 is 1.22 bits per heavy atom. The third-order valence-corrected chi connectivity index (χ3v) is 10.4. The Kier molecular flexibility index (Phi) is 22.0. The molecule has 1 aliphatic heterocycles. The standard InChI is InChI=1S/C42H62N8O15/c1-21(2)18-28(47-40(62)34(22(3)4)49-36(58)25(43)13-15-31(51)52)41(63)50-17-9-12-30(50)39(61)46-27(20-33(55)56)38(60)44-23(5)35(57)45-26(14-16-32(53)54)37(59)48-29(42(64)65)19-24-10-7-6-8-11-24/h6-8,10-11,21-23,25-30,34H,9,12-20,43H2,1-5H3,(H,44,60)(H,45,57)(H,46,61)(H,47,62)(H,48,59)(H,49,58)(H,51,52)(H,53,54)(H,55,56)(H,64,65)/t23-,25-,26-,27-,28-,29-,30+,34-/m0/s1.